The Labute approximate surface area is 114 Å². The molecule has 0 spiro atoms. The summed E-state index contributed by atoms with van der Waals surface area (Å²) in [6.45, 7) is 0. The molecule has 0 amide bonds. The zero-order chi connectivity index (χ0) is 14.5. The highest BCUT2D eigenvalue weighted by atomic mass is 32.2. The van der Waals surface area contributed by atoms with Crippen LogP contribution in [-0.2, 0) is 10.1 Å². The van der Waals surface area contributed by atoms with Crippen LogP contribution in [0.4, 0.5) is 0 Å². The number of aromatic hydroxyl groups is 2. The number of phenols is 2. The van der Waals surface area contributed by atoms with Crippen molar-refractivity contribution in [2.45, 2.75) is 4.90 Å². The molecule has 5 nitrogen and oxygen atoms in total. The number of rotatable bonds is 1. The summed E-state index contributed by atoms with van der Waals surface area (Å²) in [6.07, 6.45) is 0. The molecule has 0 heterocycles. The monoisotopic (exact) mass is 290 g/mol. The molecule has 3 rings (SSSR count). The van der Waals surface area contributed by atoms with Crippen molar-refractivity contribution in [2.24, 2.45) is 0 Å². The van der Waals surface area contributed by atoms with Gasteiger partial charge in [-0.25, -0.2) is 0 Å². The van der Waals surface area contributed by atoms with E-state index in [-0.39, 0.29) is 16.4 Å². The lowest BCUT2D eigenvalue weighted by Gasteiger charge is -2.06. The van der Waals surface area contributed by atoms with Gasteiger partial charge in [0.15, 0.2) is 11.5 Å². The normalized spacial score (nSPS) is 12.1. The number of hydrogen-bond donors (Lipinski definition) is 3. The second kappa shape index (κ2) is 4.09. The average Bonchev–Trinajstić information content (AvgIpc) is 2.36. The third-order valence-electron chi connectivity index (χ3n) is 3.16. The van der Waals surface area contributed by atoms with Crippen LogP contribution in [0.15, 0.2) is 47.4 Å². The van der Waals surface area contributed by atoms with Gasteiger partial charge in [0, 0.05) is 0 Å². The minimum Gasteiger partial charge on any atom is -0.504 e. The topological polar surface area (TPSA) is 94.8 Å². The van der Waals surface area contributed by atoms with E-state index in [1.165, 1.54) is 24.3 Å². The maximum absolute atomic E-state index is 11.1. The fourth-order valence-corrected chi connectivity index (χ4v) is 2.68. The van der Waals surface area contributed by atoms with Crippen LogP contribution in [-0.4, -0.2) is 23.2 Å². The molecule has 3 N–H and O–H groups in total. The molecule has 0 bridgehead atoms. The first-order chi connectivity index (χ1) is 9.34. The van der Waals surface area contributed by atoms with E-state index in [2.05, 4.69) is 0 Å². The SMILES string of the molecule is O=S(=O)(O)c1ccc2cc3cc(O)c(O)cc3cc2c1. The van der Waals surface area contributed by atoms with Crippen LogP contribution in [0, 0.1) is 0 Å². The molecule has 0 saturated heterocycles. The van der Waals surface area contributed by atoms with E-state index in [1.54, 1.807) is 18.2 Å². The van der Waals surface area contributed by atoms with Gasteiger partial charge in [0.25, 0.3) is 10.1 Å². The van der Waals surface area contributed by atoms with Gasteiger partial charge in [-0.2, -0.15) is 8.42 Å². The van der Waals surface area contributed by atoms with Crippen molar-refractivity contribution in [1.82, 2.24) is 0 Å². The van der Waals surface area contributed by atoms with E-state index in [0.717, 1.165) is 5.39 Å². The van der Waals surface area contributed by atoms with Crippen molar-refractivity contribution in [1.29, 1.82) is 0 Å². The maximum Gasteiger partial charge on any atom is 0.294 e. The van der Waals surface area contributed by atoms with Crippen LogP contribution in [0.3, 0.4) is 0 Å². The fraction of sp³-hybridized carbons (Fsp3) is 0. The first kappa shape index (κ1) is 12.7. The Balaban J connectivity index is 2.36. The standard InChI is InChI=1S/C14H10O5S/c15-13-6-10-3-8-1-2-12(20(17,18)19)5-9(8)4-11(10)7-14(13)16/h1-7,15-16H,(H,17,18,19). The maximum atomic E-state index is 11.1. The minimum atomic E-state index is -4.25. The predicted octanol–water partition coefficient (Wildman–Crippen LogP) is 2.65. The lowest BCUT2D eigenvalue weighted by Crippen LogP contribution is -1.97. The van der Waals surface area contributed by atoms with Gasteiger partial charge < -0.3 is 10.2 Å². The van der Waals surface area contributed by atoms with Crippen LogP contribution in [0.5, 0.6) is 11.5 Å². The van der Waals surface area contributed by atoms with Gasteiger partial charge in [0.2, 0.25) is 0 Å². The molecule has 102 valence electrons. The summed E-state index contributed by atoms with van der Waals surface area (Å²) in [7, 11) is -4.25. The van der Waals surface area contributed by atoms with Gasteiger partial charge in [-0.1, -0.05) is 6.07 Å². The largest absolute Gasteiger partial charge is 0.504 e. The number of benzene rings is 3. The van der Waals surface area contributed by atoms with Crippen LogP contribution in [0.2, 0.25) is 0 Å². The molecule has 3 aromatic rings. The Morgan fingerprint density at radius 3 is 1.75 bits per heavy atom. The molecule has 0 radical (unpaired) electrons. The third-order valence-corrected chi connectivity index (χ3v) is 4.01. The zero-order valence-electron chi connectivity index (χ0n) is 10.1. The first-order valence-electron chi connectivity index (χ1n) is 5.71. The Kier molecular flexibility index (Phi) is 2.60. The highest BCUT2D eigenvalue weighted by molar-refractivity contribution is 7.85. The highest BCUT2D eigenvalue weighted by Gasteiger charge is 2.10. The molecule has 3 aromatic carbocycles. The minimum absolute atomic E-state index is 0.188. The Morgan fingerprint density at radius 2 is 1.20 bits per heavy atom. The van der Waals surface area contributed by atoms with E-state index < -0.39 is 10.1 Å². The average molecular weight is 290 g/mol. The zero-order valence-corrected chi connectivity index (χ0v) is 10.9. The van der Waals surface area contributed by atoms with Gasteiger partial charge in [-0.3, -0.25) is 4.55 Å². The van der Waals surface area contributed by atoms with Gasteiger partial charge in [0.05, 0.1) is 4.90 Å². The molecule has 20 heavy (non-hydrogen) atoms. The van der Waals surface area contributed by atoms with E-state index >= 15 is 0 Å². The van der Waals surface area contributed by atoms with Gasteiger partial charge in [-0.05, 0) is 57.9 Å². The summed E-state index contributed by atoms with van der Waals surface area (Å²) >= 11 is 0. The van der Waals surface area contributed by atoms with Crippen molar-refractivity contribution in [2.75, 3.05) is 0 Å². The third kappa shape index (κ3) is 2.04. The highest BCUT2D eigenvalue weighted by Crippen LogP contribution is 2.33. The number of fused-ring (bicyclic) bond motifs is 2. The second-order valence-corrected chi connectivity index (χ2v) is 5.95. The van der Waals surface area contributed by atoms with E-state index in [4.69, 9.17) is 4.55 Å². The molecule has 0 atom stereocenters. The predicted molar refractivity (Wildman–Crippen MR) is 74.6 cm³/mol. The smallest absolute Gasteiger partial charge is 0.294 e. The van der Waals surface area contributed by atoms with Crippen LogP contribution < -0.4 is 0 Å². The first-order valence-corrected chi connectivity index (χ1v) is 7.15. The molecule has 0 aliphatic carbocycles. The quantitative estimate of drug-likeness (QED) is 0.364. The van der Waals surface area contributed by atoms with Crippen LogP contribution >= 0.6 is 0 Å². The lowest BCUT2D eigenvalue weighted by molar-refractivity contribution is 0.405. The van der Waals surface area contributed by atoms with E-state index in [9.17, 15) is 18.6 Å². The Hall–Kier alpha value is -2.31. The second-order valence-electron chi connectivity index (χ2n) is 4.52. The molecule has 0 saturated carbocycles. The van der Waals surface area contributed by atoms with Crippen LogP contribution in [0.25, 0.3) is 21.5 Å². The molecule has 6 heteroatoms. The molecule has 0 aliphatic rings. The lowest BCUT2D eigenvalue weighted by atomic mass is 10.0. The number of hydrogen-bond acceptors (Lipinski definition) is 4. The van der Waals surface area contributed by atoms with Gasteiger partial charge in [0.1, 0.15) is 0 Å². The van der Waals surface area contributed by atoms with Crippen molar-refractivity contribution >= 4 is 31.7 Å². The Bertz CT molecular complexity index is 945. The van der Waals surface area contributed by atoms with Crippen molar-refractivity contribution in [3.63, 3.8) is 0 Å². The number of phenolic OH excluding ortho intramolecular Hbond substituents is 2. The van der Waals surface area contributed by atoms with E-state index in [0.29, 0.717) is 16.2 Å². The summed E-state index contributed by atoms with van der Waals surface area (Å²) in [5.74, 6) is -0.464. The van der Waals surface area contributed by atoms with Crippen molar-refractivity contribution in [3.8, 4) is 11.5 Å². The summed E-state index contributed by atoms with van der Waals surface area (Å²) in [4.78, 5) is -0.188. The molecule has 0 aliphatic heterocycles. The van der Waals surface area contributed by atoms with Crippen LogP contribution in [0.1, 0.15) is 0 Å². The van der Waals surface area contributed by atoms with Crippen molar-refractivity contribution in [3.05, 3.63) is 42.5 Å². The van der Waals surface area contributed by atoms with E-state index in [1.807, 2.05) is 0 Å². The summed E-state index contributed by atoms with van der Waals surface area (Å²) in [5.41, 5.74) is 0. The molecular weight excluding hydrogens is 280 g/mol. The Morgan fingerprint density at radius 1 is 0.700 bits per heavy atom. The van der Waals surface area contributed by atoms with Gasteiger partial charge >= 0.3 is 0 Å². The van der Waals surface area contributed by atoms with Gasteiger partial charge in [-0.15, -0.1) is 0 Å². The fourth-order valence-electron chi connectivity index (χ4n) is 2.16. The molecule has 0 fully saturated rings. The molecular formula is C14H10O5S. The summed E-state index contributed by atoms with van der Waals surface area (Å²) in [5, 5.41) is 21.7. The summed E-state index contributed by atoms with van der Waals surface area (Å²) in [6, 6.07) is 10.5. The molecule has 0 aromatic heterocycles. The van der Waals surface area contributed by atoms with Crippen molar-refractivity contribution < 1.29 is 23.2 Å². The molecule has 0 unspecified atom stereocenters. The summed E-state index contributed by atoms with van der Waals surface area (Å²) < 4.78 is 31.3.